The molecule has 0 radical (unpaired) electrons. The third-order valence-electron chi connectivity index (χ3n) is 4.97. The number of amides is 1. The maximum absolute atomic E-state index is 13.0. The van der Waals surface area contributed by atoms with E-state index >= 15 is 0 Å². The van der Waals surface area contributed by atoms with Crippen molar-refractivity contribution in [3.05, 3.63) is 65.7 Å². The Bertz CT molecular complexity index is 1220. The lowest BCUT2D eigenvalue weighted by atomic mass is 10.0. The molecule has 0 aliphatic carbocycles. The van der Waals surface area contributed by atoms with Crippen LogP contribution in [0.25, 0.3) is 22.2 Å². The quantitative estimate of drug-likeness (QED) is 0.470. The molecule has 1 amide bonds. The largest absolute Gasteiger partial charge is 0.493 e. The van der Waals surface area contributed by atoms with Gasteiger partial charge < -0.3 is 24.1 Å². The molecule has 7 nitrogen and oxygen atoms in total. The third-order valence-corrected chi connectivity index (χ3v) is 4.97. The van der Waals surface area contributed by atoms with E-state index in [0.29, 0.717) is 39.8 Å². The van der Waals surface area contributed by atoms with Crippen molar-refractivity contribution < 1.29 is 23.5 Å². The number of nitrogens with zero attached hydrogens (tertiary/aromatic N) is 1. The molecular formula is C24H22N2O5. The lowest BCUT2D eigenvalue weighted by molar-refractivity contribution is 0.102. The van der Waals surface area contributed by atoms with Gasteiger partial charge in [0.25, 0.3) is 5.91 Å². The highest BCUT2D eigenvalue weighted by atomic mass is 16.5. The Morgan fingerprint density at radius 2 is 1.58 bits per heavy atom. The van der Waals surface area contributed by atoms with Gasteiger partial charge in [-0.2, -0.15) is 0 Å². The molecule has 1 N–H and O–H groups in total. The highest BCUT2D eigenvalue weighted by Gasteiger charge is 2.17. The zero-order valence-corrected chi connectivity index (χ0v) is 17.7. The van der Waals surface area contributed by atoms with Crippen molar-refractivity contribution >= 4 is 22.5 Å². The van der Waals surface area contributed by atoms with Gasteiger partial charge in [-0.15, -0.1) is 0 Å². The molecular weight excluding hydrogens is 396 g/mol. The molecule has 158 valence electrons. The number of methoxy groups -OCH3 is 3. The van der Waals surface area contributed by atoms with Gasteiger partial charge in [0.05, 0.1) is 26.7 Å². The van der Waals surface area contributed by atoms with Crippen molar-refractivity contribution in [2.45, 2.75) is 6.92 Å². The fraction of sp³-hybridized carbons (Fsp3) is 0.167. The van der Waals surface area contributed by atoms with Gasteiger partial charge in [-0.1, -0.05) is 35.0 Å². The minimum Gasteiger partial charge on any atom is -0.493 e. The maximum Gasteiger partial charge on any atom is 0.255 e. The van der Waals surface area contributed by atoms with Gasteiger partial charge in [0.2, 0.25) is 5.75 Å². The highest BCUT2D eigenvalue weighted by molar-refractivity contribution is 6.07. The van der Waals surface area contributed by atoms with Crippen molar-refractivity contribution in [1.29, 1.82) is 0 Å². The van der Waals surface area contributed by atoms with Crippen LogP contribution in [0.5, 0.6) is 17.2 Å². The number of fused-ring (bicyclic) bond motifs is 1. The number of hydrogen-bond donors (Lipinski definition) is 1. The molecule has 1 heterocycles. The number of anilines is 1. The highest BCUT2D eigenvalue weighted by Crippen LogP contribution is 2.40. The second kappa shape index (κ2) is 8.39. The molecule has 4 rings (SSSR count). The molecule has 0 unspecified atom stereocenters. The monoisotopic (exact) mass is 418 g/mol. The Morgan fingerprint density at radius 1 is 0.903 bits per heavy atom. The summed E-state index contributed by atoms with van der Waals surface area (Å²) in [6, 6.07) is 16.5. The molecule has 4 aromatic rings. The van der Waals surface area contributed by atoms with Crippen LogP contribution in [-0.2, 0) is 0 Å². The molecule has 0 bridgehead atoms. The number of aryl methyl sites for hydroxylation is 1. The van der Waals surface area contributed by atoms with E-state index in [1.807, 2.05) is 31.2 Å². The summed E-state index contributed by atoms with van der Waals surface area (Å²) in [4.78, 5) is 13.0. The lowest BCUT2D eigenvalue weighted by Gasteiger charge is -2.14. The average Bonchev–Trinajstić information content (AvgIpc) is 3.22. The number of nitrogens with one attached hydrogen (secondary N) is 1. The number of rotatable bonds is 6. The summed E-state index contributed by atoms with van der Waals surface area (Å²) in [5.41, 5.74) is 3.72. The predicted molar refractivity (Wildman–Crippen MR) is 118 cm³/mol. The molecule has 0 atom stereocenters. The summed E-state index contributed by atoms with van der Waals surface area (Å²) >= 11 is 0. The second-order valence-electron chi connectivity index (χ2n) is 6.98. The zero-order chi connectivity index (χ0) is 22.0. The van der Waals surface area contributed by atoms with Crippen LogP contribution in [0.4, 0.5) is 5.69 Å². The van der Waals surface area contributed by atoms with Gasteiger partial charge in [0.15, 0.2) is 17.3 Å². The molecule has 0 aliphatic heterocycles. The second-order valence-corrected chi connectivity index (χ2v) is 6.98. The Hall–Kier alpha value is -4.00. The molecule has 3 aromatic carbocycles. The molecule has 31 heavy (non-hydrogen) atoms. The van der Waals surface area contributed by atoms with Crippen LogP contribution in [0.3, 0.4) is 0 Å². The van der Waals surface area contributed by atoms with E-state index in [4.69, 9.17) is 18.7 Å². The predicted octanol–water partition coefficient (Wildman–Crippen LogP) is 5.08. The lowest BCUT2D eigenvalue weighted by Crippen LogP contribution is -2.12. The normalized spacial score (nSPS) is 10.7. The molecule has 0 spiro atoms. The Kier molecular flexibility index (Phi) is 5.49. The van der Waals surface area contributed by atoms with Crippen LogP contribution >= 0.6 is 0 Å². The topological polar surface area (TPSA) is 82.8 Å². The minimum absolute atomic E-state index is 0.285. The van der Waals surface area contributed by atoms with E-state index in [-0.39, 0.29) is 5.91 Å². The van der Waals surface area contributed by atoms with Crippen LogP contribution < -0.4 is 19.5 Å². The van der Waals surface area contributed by atoms with E-state index < -0.39 is 0 Å². The van der Waals surface area contributed by atoms with Crippen LogP contribution in [0.1, 0.15) is 15.9 Å². The fourth-order valence-electron chi connectivity index (χ4n) is 3.35. The molecule has 1 aromatic heterocycles. The van der Waals surface area contributed by atoms with Crippen molar-refractivity contribution in [3.63, 3.8) is 0 Å². The van der Waals surface area contributed by atoms with Crippen LogP contribution in [0, 0.1) is 6.92 Å². The number of hydrogen-bond acceptors (Lipinski definition) is 6. The van der Waals surface area contributed by atoms with E-state index in [1.54, 1.807) is 30.3 Å². The van der Waals surface area contributed by atoms with Gasteiger partial charge in [-0.25, -0.2) is 0 Å². The molecule has 0 fully saturated rings. The SMILES string of the molecule is COc1cc(NC(=O)c2ccc3noc(-c4ccc(C)cc4)c3c2)cc(OC)c1OC. The fourth-order valence-corrected chi connectivity index (χ4v) is 3.35. The van der Waals surface area contributed by atoms with Crippen molar-refractivity contribution in [2.24, 2.45) is 0 Å². The minimum atomic E-state index is -0.285. The van der Waals surface area contributed by atoms with E-state index in [2.05, 4.69) is 10.5 Å². The Morgan fingerprint density at radius 3 is 2.19 bits per heavy atom. The van der Waals surface area contributed by atoms with Gasteiger partial charge in [0.1, 0.15) is 5.52 Å². The van der Waals surface area contributed by atoms with Crippen LogP contribution in [-0.4, -0.2) is 32.4 Å². The number of aromatic nitrogens is 1. The van der Waals surface area contributed by atoms with E-state index in [9.17, 15) is 4.79 Å². The van der Waals surface area contributed by atoms with Crippen molar-refractivity contribution in [1.82, 2.24) is 5.16 Å². The summed E-state index contributed by atoms with van der Waals surface area (Å²) in [5, 5.41) is 7.75. The third kappa shape index (κ3) is 3.90. The first-order chi connectivity index (χ1) is 15.0. The molecule has 0 saturated heterocycles. The summed E-state index contributed by atoms with van der Waals surface area (Å²) < 4.78 is 21.6. The first-order valence-electron chi connectivity index (χ1n) is 9.62. The smallest absolute Gasteiger partial charge is 0.255 e. The van der Waals surface area contributed by atoms with Gasteiger partial charge in [-0.05, 0) is 25.1 Å². The molecule has 0 saturated carbocycles. The van der Waals surface area contributed by atoms with Crippen LogP contribution in [0.15, 0.2) is 59.1 Å². The standard InChI is InChI=1S/C24H22N2O5/c1-14-5-7-15(8-6-14)22-18-11-16(9-10-19(18)26-31-22)24(27)25-17-12-20(28-2)23(30-4)21(13-17)29-3/h5-13H,1-4H3,(H,25,27). The average molecular weight is 418 g/mol. The molecule has 0 aliphatic rings. The summed E-state index contributed by atoms with van der Waals surface area (Å²) in [5.74, 6) is 1.70. The Labute approximate surface area is 179 Å². The van der Waals surface area contributed by atoms with Gasteiger partial charge in [0, 0.05) is 28.9 Å². The van der Waals surface area contributed by atoms with E-state index in [0.717, 1.165) is 16.5 Å². The summed E-state index contributed by atoms with van der Waals surface area (Å²) in [6.45, 7) is 2.02. The van der Waals surface area contributed by atoms with Crippen molar-refractivity contribution in [3.8, 4) is 28.6 Å². The zero-order valence-electron chi connectivity index (χ0n) is 17.7. The van der Waals surface area contributed by atoms with Gasteiger partial charge in [-0.3, -0.25) is 4.79 Å². The number of ether oxygens (including phenoxy) is 3. The number of benzene rings is 3. The van der Waals surface area contributed by atoms with Crippen molar-refractivity contribution in [2.75, 3.05) is 26.6 Å². The maximum atomic E-state index is 13.0. The summed E-state index contributed by atoms with van der Waals surface area (Å²) in [7, 11) is 4.57. The number of carbonyl (C=O) groups is 1. The van der Waals surface area contributed by atoms with E-state index in [1.165, 1.54) is 21.3 Å². The van der Waals surface area contributed by atoms with Crippen LogP contribution in [0.2, 0.25) is 0 Å². The number of carbonyl (C=O) groups excluding carboxylic acids is 1. The first kappa shape index (κ1) is 20.3. The summed E-state index contributed by atoms with van der Waals surface area (Å²) in [6.07, 6.45) is 0. The Balaban J connectivity index is 1.67. The first-order valence-corrected chi connectivity index (χ1v) is 9.62. The van der Waals surface area contributed by atoms with Gasteiger partial charge >= 0.3 is 0 Å². The molecule has 7 heteroatoms.